The van der Waals surface area contributed by atoms with Crippen molar-refractivity contribution in [1.82, 2.24) is 10.6 Å². The van der Waals surface area contributed by atoms with Crippen molar-refractivity contribution >= 4 is 17.9 Å². The van der Waals surface area contributed by atoms with Gasteiger partial charge in [-0.25, -0.2) is 4.39 Å². The van der Waals surface area contributed by atoms with Crippen LogP contribution >= 0.6 is 0 Å². The molecular weight excluding hydrogens is 309 g/mol. The van der Waals surface area contributed by atoms with Crippen LogP contribution in [0.25, 0.3) is 0 Å². The van der Waals surface area contributed by atoms with Gasteiger partial charge in [-0.2, -0.15) is 0 Å². The molecule has 2 fully saturated rings. The van der Waals surface area contributed by atoms with Crippen molar-refractivity contribution in [2.24, 2.45) is 0 Å². The van der Waals surface area contributed by atoms with E-state index in [1.807, 2.05) is 4.90 Å². The number of fused-ring (bicyclic) bond motifs is 1. The Kier molecular flexibility index (Phi) is 3.79. The maximum Gasteiger partial charge on any atom is 0.222 e. The topological polar surface area (TPSA) is 61.4 Å². The maximum atomic E-state index is 14.6. The van der Waals surface area contributed by atoms with E-state index in [2.05, 4.69) is 10.6 Å². The Labute approximate surface area is 140 Å². The van der Waals surface area contributed by atoms with Crippen molar-refractivity contribution in [2.75, 3.05) is 24.5 Å². The summed E-state index contributed by atoms with van der Waals surface area (Å²) in [6, 6.07) is 3.28. The number of rotatable bonds is 3. The summed E-state index contributed by atoms with van der Waals surface area (Å²) in [5, 5.41) is 6.15. The lowest BCUT2D eigenvalue weighted by molar-refractivity contribution is -0.122. The molecule has 2 saturated heterocycles. The average Bonchev–Trinajstić information content (AvgIpc) is 3.20. The molecule has 4 rings (SSSR count). The predicted molar refractivity (Wildman–Crippen MR) is 88.5 cm³/mol. The molecule has 0 saturated carbocycles. The summed E-state index contributed by atoms with van der Waals surface area (Å²) in [7, 11) is 0. The predicted octanol–water partition coefficient (Wildman–Crippen LogP) is 1.46. The first-order valence-corrected chi connectivity index (χ1v) is 8.71. The van der Waals surface area contributed by atoms with Crippen LogP contribution in [0.1, 0.15) is 42.7 Å². The van der Waals surface area contributed by atoms with Crippen LogP contribution in [0.5, 0.6) is 0 Å². The van der Waals surface area contributed by atoms with Gasteiger partial charge in [0.1, 0.15) is 5.82 Å². The van der Waals surface area contributed by atoms with Crippen molar-refractivity contribution in [3.05, 3.63) is 29.1 Å². The third-order valence-corrected chi connectivity index (χ3v) is 5.67. The van der Waals surface area contributed by atoms with E-state index in [9.17, 15) is 14.0 Å². The first-order valence-electron chi connectivity index (χ1n) is 8.71. The standard InChI is InChI=1S/C18H22FN3O2/c19-14-1-2-15-13(17(14)12-4-8-20-9-5-12)6-10-22(15)18(11-23)7-3-16(24)21-18/h1-2,11-12,20H,3-10H2,(H,21,24). The van der Waals surface area contributed by atoms with Gasteiger partial charge in [-0.1, -0.05) is 0 Å². The molecule has 3 heterocycles. The number of nitrogens with zero attached hydrogens (tertiary/aromatic N) is 1. The van der Waals surface area contributed by atoms with Gasteiger partial charge in [-0.15, -0.1) is 0 Å². The van der Waals surface area contributed by atoms with Gasteiger partial charge >= 0.3 is 0 Å². The minimum absolute atomic E-state index is 0.101. The molecule has 1 atom stereocenters. The SMILES string of the molecule is O=CC1(N2CCc3c2ccc(F)c3C2CCNCC2)CCC(=O)N1. The van der Waals surface area contributed by atoms with E-state index in [0.29, 0.717) is 19.4 Å². The van der Waals surface area contributed by atoms with Gasteiger partial charge in [0.25, 0.3) is 0 Å². The molecule has 1 amide bonds. The molecule has 0 spiro atoms. The average molecular weight is 331 g/mol. The molecule has 6 heteroatoms. The van der Waals surface area contributed by atoms with Crippen LogP contribution < -0.4 is 15.5 Å². The van der Waals surface area contributed by atoms with Crippen LogP contribution in [-0.2, 0) is 16.0 Å². The molecule has 0 bridgehead atoms. The molecule has 1 aromatic carbocycles. The second-order valence-corrected chi connectivity index (χ2v) is 6.97. The summed E-state index contributed by atoms with van der Waals surface area (Å²) in [6.07, 6.45) is 4.24. The Morgan fingerprint density at radius 3 is 2.71 bits per heavy atom. The molecule has 1 aromatic rings. The Hall–Kier alpha value is -1.95. The molecule has 0 radical (unpaired) electrons. The van der Waals surface area contributed by atoms with Gasteiger partial charge in [0.05, 0.1) is 0 Å². The van der Waals surface area contributed by atoms with Crippen LogP contribution in [0.2, 0.25) is 0 Å². The quantitative estimate of drug-likeness (QED) is 0.823. The largest absolute Gasteiger partial charge is 0.342 e. The summed E-state index contributed by atoms with van der Waals surface area (Å²) in [5.74, 6) is -0.0131. The van der Waals surface area contributed by atoms with Crippen LogP contribution in [0.15, 0.2) is 12.1 Å². The summed E-state index contributed by atoms with van der Waals surface area (Å²) < 4.78 is 14.6. The number of aldehydes is 1. The third-order valence-electron chi connectivity index (χ3n) is 5.67. The highest BCUT2D eigenvalue weighted by Crippen LogP contribution is 2.42. The second-order valence-electron chi connectivity index (χ2n) is 6.97. The lowest BCUT2D eigenvalue weighted by atomic mass is 9.86. The lowest BCUT2D eigenvalue weighted by Crippen LogP contribution is -2.57. The number of amides is 1. The Morgan fingerprint density at radius 1 is 1.25 bits per heavy atom. The monoisotopic (exact) mass is 331 g/mol. The number of carbonyl (C=O) groups is 2. The third kappa shape index (κ3) is 2.32. The van der Waals surface area contributed by atoms with Crippen LogP contribution in [0.4, 0.5) is 10.1 Å². The van der Waals surface area contributed by atoms with Crippen molar-refractivity contribution in [3.63, 3.8) is 0 Å². The van der Waals surface area contributed by atoms with Crippen molar-refractivity contribution in [3.8, 4) is 0 Å². The molecule has 128 valence electrons. The van der Waals surface area contributed by atoms with Gasteiger partial charge in [-0.05, 0) is 61.5 Å². The normalized spacial score (nSPS) is 27.2. The Bertz CT molecular complexity index is 687. The molecule has 1 unspecified atom stereocenters. The van der Waals surface area contributed by atoms with E-state index in [-0.39, 0.29) is 17.6 Å². The van der Waals surface area contributed by atoms with E-state index in [4.69, 9.17) is 0 Å². The first-order chi connectivity index (χ1) is 11.6. The molecular formula is C18H22FN3O2. The summed E-state index contributed by atoms with van der Waals surface area (Å²) in [4.78, 5) is 25.4. The number of nitrogens with one attached hydrogen (secondary N) is 2. The minimum Gasteiger partial charge on any atom is -0.342 e. The van der Waals surface area contributed by atoms with E-state index in [0.717, 1.165) is 55.5 Å². The fourth-order valence-electron chi connectivity index (χ4n) is 4.48. The zero-order valence-electron chi connectivity index (χ0n) is 13.6. The molecule has 5 nitrogen and oxygen atoms in total. The second kappa shape index (κ2) is 5.84. The molecule has 2 N–H and O–H groups in total. The number of piperidine rings is 1. The zero-order chi connectivity index (χ0) is 16.7. The fourth-order valence-corrected chi connectivity index (χ4v) is 4.48. The smallest absolute Gasteiger partial charge is 0.222 e. The summed E-state index contributed by atoms with van der Waals surface area (Å²) in [6.45, 7) is 2.45. The number of hydrogen-bond acceptors (Lipinski definition) is 4. The molecule has 3 aliphatic heterocycles. The van der Waals surface area contributed by atoms with E-state index >= 15 is 0 Å². The van der Waals surface area contributed by atoms with Gasteiger partial charge < -0.3 is 15.5 Å². The highest BCUT2D eigenvalue weighted by molar-refractivity contribution is 5.89. The maximum absolute atomic E-state index is 14.6. The van der Waals surface area contributed by atoms with Crippen LogP contribution in [0.3, 0.4) is 0 Å². The first kappa shape index (κ1) is 15.6. The summed E-state index contributed by atoms with van der Waals surface area (Å²) in [5.41, 5.74) is 1.77. The minimum atomic E-state index is -0.967. The number of halogens is 1. The lowest BCUT2D eigenvalue weighted by Gasteiger charge is -2.36. The van der Waals surface area contributed by atoms with Crippen molar-refractivity contribution in [1.29, 1.82) is 0 Å². The van der Waals surface area contributed by atoms with Crippen molar-refractivity contribution in [2.45, 2.75) is 43.7 Å². The number of anilines is 1. The number of carbonyl (C=O) groups excluding carboxylic acids is 2. The van der Waals surface area contributed by atoms with Crippen LogP contribution in [-0.4, -0.2) is 37.5 Å². The van der Waals surface area contributed by atoms with Gasteiger partial charge in [0.15, 0.2) is 11.9 Å². The van der Waals surface area contributed by atoms with Crippen LogP contribution in [0, 0.1) is 5.82 Å². The number of benzene rings is 1. The molecule has 24 heavy (non-hydrogen) atoms. The van der Waals surface area contributed by atoms with Gasteiger partial charge in [-0.3, -0.25) is 9.59 Å². The summed E-state index contributed by atoms with van der Waals surface area (Å²) >= 11 is 0. The highest BCUT2D eigenvalue weighted by Gasteiger charge is 2.46. The number of hydrogen-bond donors (Lipinski definition) is 2. The molecule has 3 aliphatic rings. The van der Waals surface area contributed by atoms with E-state index < -0.39 is 5.66 Å². The highest BCUT2D eigenvalue weighted by atomic mass is 19.1. The Balaban J connectivity index is 1.74. The van der Waals surface area contributed by atoms with E-state index in [1.54, 1.807) is 6.07 Å². The van der Waals surface area contributed by atoms with Gasteiger partial charge in [0, 0.05) is 25.1 Å². The Morgan fingerprint density at radius 2 is 2.04 bits per heavy atom. The van der Waals surface area contributed by atoms with E-state index in [1.165, 1.54) is 6.07 Å². The van der Waals surface area contributed by atoms with Gasteiger partial charge in [0.2, 0.25) is 5.91 Å². The fraction of sp³-hybridized carbons (Fsp3) is 0.556. The zero-order valence-corrected chi connectivity index (χ0v) is 13.6. The molecule has 0 aromatic heterocycles. The molecule has 0 aliphatic carbocycles. The van der Waals surface area contributed by atoms with Crippen molar-refractivity contribution < 1.29 is 14.0 Å².